The average Bonchev–Trinajstić information content (AvgIpc) is 2.73. The molecule has 0 aliphatic heterocycles. The van der Waals surface area contributed by atoms with Gasteiger partial charge in [-0.05, 0) is 54.3 Å². The summed E-state index contributed by atoms with van der Waals surface area (Å²) in [5.41, 5.74) is 12.7. The van der Waals surface area contributed by atoms with Gasteiger partial charge in [0.05, 0.1) is 0 Å². The van der Waals surface area contributed by atoms with Gasteiger partial charge in [0.15, 0.2) is 5.82 Å². The molecule has 1 atom stereocenters. The van der Waals surface area contributed by atoms with Crippen molar-refractivity contribution in [1.29, 1.82) is 0 Å². The molecule has 0 aliphatic rings. The summed E-state index contributed by atoms with van der Waals surface area (Å²) in [4.78, 5) is 31.6. The highest BCUT2D eigenvalue weighted by Crippen LogP contribution is 2.28. The number of anilines is 1. The highest BCUT2D eigenvalue weighted by molar-refractivity contribution is 5.92. The largest absolute Gasteiger partial charge is 0.457 e. The molecule has 3 aromatic rings. The van der Waals surface area contributed by atoms with Gasteiger partial charge in [-0.25, -0.2) is 9.97 Å². The van der Waals surface area contributed by atoms with Gasteiger partial charge in [-0.2, -0.15) is 0 Å². The molecule has 3 rings (SSSR count). The Labute approximate surface area is 187 Å². The molecule has 8 heteroatoms. The second kappa shape index (κ2) is 9.05. The van der Waals surface area contributed by atoms with Gasteiger partial charge >= 0.3 is 0 Å². The monoisotopic (exact) mass is 433 g/mol. The maximum atomic E-state index is 11.7. The Morgan fingerprint density at radius 3 is 2.00 bits per heavy atom. The van der Waals surface area contributed by atoms with Gasteiger partial charge in [-0.1, -0.05) is 32.9 Å². The summed E-state index contributed by atoms with van der Waals surface area (Å²) >= 11 is 0. The van der Waals surface area contributed by atoms with Crippen molar-refractivity contribution >= 4 is 17.6 Å². The first-order valence-corrected chi connectivity index (χ1v) is 10.2. The molecule has 0 fully saturated rings. The lowest BCUT2D eigenvalue weighted by molar-refractivity contribution is -0.118. The molecule has 2 aromatic carbocycles. The number of carbonyl (C=O) groups excluding carboxylic acids is 2. The second-order valence-corrected chi connectivity index (χ2v) is 8.50. The van der Waals surface area contributed by atoms with E-state index in [0.717, 1.165) is 5.75 Å². The Bertz CT molecular complexity index is 1120. The van der Waals surface area contributed by atoms with Gasteiger partial charge in [0.1, 0.15) is 29.1 Å². The Kier molecular flexibility index (Phi) is 6.43. The smallest absolute Gasteiger partial charge is 0.267 e. The molecule has 0 radical (unpaired) electrons. The Hall–Kier alpha value is -3.94. The number of ether oxygens (including phenoxy) is 1. The highest BCUT2D eigenvalue weighted by atomic mass is 16.5. The van der Waals surface area contributed by atoms with E-state index in [9.17, 15) is 9.59 Å². The summed E-state index contributed by atoms with van der Waals surface area (Å²) in [5.74, 6) is 0.662. The average molecular weight is 434 g/mol. The molecule has 166 valence electrons. The molecule has 2 amide bonds. The normalized spacial score (nSPS) is 12.1. The van der Waals surface area contributed by atoms with Crippen molar-refractivity contribution in [2.75, 3.05) is 5.32 Å². The Morgan fingerprint density at radius 2 is 1.50 bits per heavy atom. The zero-order chi connectivity index (χ0) is 23.5. The molecule has 1 heterocycles. The van der Waals surface area contributed by atoms with Crippen LogP contribution in [0.25, 0.3) is 11.4 Å². The number of primary amides is 2. The number of carbonyl (C=O) groups is 2. The van der Waals surface area contributed by atoms with Crippen LogP contribution in [0.2, 0.25) is 0 Å². The van der Waals surface area contributed by atoms with E-state index >= 15 is 0 Å². The van der Waals surface area contributed by atoms with Crippen molar-refractivity contribution in [2.24, 2.45) is 11.5 Å². The molecular weight excluding hydrogens is 406 g/mol. The van der Waals surface area contributed by atoms with Crippen molar-refractivity contribution in [3.05, 3.63) is 65.9 Å². The zero-order valence-electron chi connectivity index (χ0n) is 18.5. The number of benzene rings is 2. The molecule has 0 aliphatic carbocycles. The van der Waals surface area contributed by atoms with E-state index in [-0.39, 0.29) is 22.8 Å². The van der Waals surface area contributed by atoms with Gasteiger partial charge in [-0.3, -0.25) is 9.59 Å². The van der Waals surface area contributed by atoms with Crippen LogP contribution in [0, 0.1) is 0 Å². The molecule has 5 N–H and O–H groups in total. The maximum Gasteiger partial charge on any atom is 0.267 e. The van der Waals surface area contributed by atoms with Crippen LogP contribution in [0.5, 0.6) is 11.5 Å². The molecule has 0 spiro atoms. The summed E-state index contributed by atoms with van der Waals surface area (Å²) < 4.78 is 5.92. The predicted octanol–water partition coefficient (Wildman–Crippen LogP) is 3.62. The molecule has 0 bridgehead atoms. The first-order chi connectivity index (χ1) is 15.0. The van der Waals surface area contributed by atoms with E-state index in [1.807, 2.05) is 12.1 Å². The van der Waals surface area contributed by atoms with Gasteiger partial charge in [-0.15, -0.1) is 0 Å². The lowest BCUT2D eigenvalue weighted by Crippen LogP contribution is -2.33. The number of hydrogen-bond donors (Lipinski definition) is 3. The van der Waals surface area contributed by atoms with Crippen molar-refractivity contribution in [3.63, 3.8) is 0 Å². The topological polar surface area (TPSA) is 133 Å². The number of hydrogen-bond acceptors (Lipinski definition) is 6. The standard InChI is InChI=1S/C24H27N5O3/c1-14(21(25)30)27-20-13-19(22(26)31)28-23(29-20)15-5-9-17(10-6-15)32-18-11-7-16(8-12-18)24(2,3)4/h5-14H,1-4H3,(H2,25,30)(H2,26,31)(H,27,28,29)/t14-/m1/s1. The minimum atomic E-state index is -0.706. The van der Waals surface area contributed by atoms with Crippen LogP contribution in [0.4, 0.5) is 5.82 Å². The first kappa shape index (κ1) is 22.7. The lowest BCUT2D eigenvalue weighted by Gasteiger charge is -2.19. The van der Waals surface area contributed by atoms with Crippen molar-refractivity contribution < 1.29 is 14.3 Å². The summed E-state index contributed by atoms with van der Waals surface area (Å²) in [6.07, 6.45) is 0. The van der Waals surface area contributed by atoms with E-state index < -0.39 is 17.9 Å². The highest BCUT2D eigenvalue weighted by Gasteiger charge is 2.15. The van der Waals surface area contributed by atoms with Gasteiger partial charge in [0.25, 0.3) is 5.91 Å². The third kappa shape index (κ3) is 5.60. The molecule has 8 nitrogen and oxygen atoms in total. The zero-order valence-corrected chi connectivity index (χ0v) is 18.5. The summed E-state index contributed by atoms with van der Waals surface area (Å²) in [6.45, 7) is 8.07. The van der Waals surface area contributed by atoms with Crippen LogP contribution < -0.4 is 21.5 Å². The molecular formula is C24H27N5O3. The van der Waals surface area contributed by atoms with Crippen molar-refractivity contribution in [3.8, 4) is 22.9 Å². The Morgan fingerprint density at radius 1 is 0.938 bits per heavy atom. The van der Waals surface area contributed by atoms with Crippen LogP contribution >= 0.6 is 0 Å². The minimum absolute atomic E-state index is 0.0217. The quantitative estimate of drug-likeness (QED) is 0.521. The van der Waals surface area contributed by atoms with Gasteiger partial charge in [0, 0.05) is 11.6 Å². The van der Waals surface area contributed by atoms with E-state index in [2.05, 4.69) is 48.2 Å². The van der Waals surface area contributed by atoms with Gasteiger partial charge < -0.3 is 21.5 Å². The number of nitrogens with two attached hydrogens (primary N) is 2. The number of amides is 2. The third-order valence-electron chi connectivity index (χ3n) is 4.84. The fourth-order valence-corrected chi connectivity index (χ4v) is 2.90. The Balaban J connectivity index is 1.82. The maximum absolute atomic E-state index is 11.7. The first-order valence-electron chi connectivity index (χ1n) is 10.2. The second-order valence-electron chi connectivity index (χ2n) is 8.50. The van der Waals surface area contributed by atoms with Crippen LogP contribution in [0.15, 0.2) is 54.6 Å². The van der Waals surface area contributed by atoms with Gasteiger partial charge in [0.2, 0.25) is 5.91 Å². The lowest BCUT2D eigenvalue weighted by atomic mass is 9.87. The number of nitrogens with zero attached hydrogens (tertiary/aromatic N) is 2. The fourth-order valence-electron chi connectivity index (χ4n) is 2.90. The number of aromatic nitrogens is 2. The minimum Gasteiger partial charge on any atom is -0.457 e. The number of rotatable bonds is 7. The van der Waals surface area contributed by atoms with Crippen LogP contribution in [0.1, 0.15) is 43.7 Å². The van der Waals surface area contributed by atoms with Crippen LogP contribution in [0.3, 0.4) is 0 Å². The predicted molar refractivity (Wildman–Crippen MR) is 123 cm³/mol. The molecule has 0 saturated heterocycles. The molecule has 1 aromatic heterocycles. The molecule has 0 saturated carbocycles. The van der Waals surface area contributed by atoms with E-state index in [0.29, 0.717) is 11.3 Å². The molecule has 0 unspecified atom stereocenters. The summed E-state index contributed by atoms with van der Waals surface area (Å²) in [7, 11) is 0. The summed E-state index contributed by atoms with van der Waals surface area (Å²) in [6, 6.07) is 15.8. The summed E-state index contributed by atoms with van der Waals surface area (Å²) in [5, 5.41) is 2.85. The van der Waals surface area contributed by atoms with E-state index in [1.165, 1.54) is 11.6 Å². The number of nitrogens with one attached hydrogen (secondary N) is 1. The van der Waals surface area contributed by atoms with Crippen LogP contribution in [-0.4, -0.2) is 27.8 Å². The van der Waals surface area contributed by atoms with E-state index in [1.54, 1.807) is 31.2 Å². The van der Waals surface area contributed by atoms with Crippen molar-refractivity contribution in [1.82, 2.24) is 9.97 Å². The van der Waals surface area contributed by atoms with E-state index in [4.69, 9.17) is 16.2 Å². The SMILES string of the molecule is C[C@@H](Nc1cc(C(N)=O)nc(-c2ccc(Oc3ccc(C(C)(C)C)cc3)cc2)n1)C(N)=O. The fraction of sp³-hybridized carbons (Fsp3) is 0.250. The third-order valence-corrected chi connectivity index (χ3v) is 4.84. The van der Waals surface area contributed by atoms with Crippen molar-refractivity contribution in [2.45, 2.75) is 39.2 Å². The molecule has 32 heavy (non-hydrogen) atoms. The van der Waals surface area contributed by atoms with Crippen LogP contribution in [-0.2, 0) is 10.2 Å².